The molecule has 0 aliphatic heterocycles. The van der Waals surface area contributed by atoms with Crippen molar-refractivity contribution in [1.29, 1.82) is 0 Å². The van der Waals surface area contributed by atoms with Gasteiger partial charge in [-0.2, -0.15) is 10.2 Å². The molecule has 0 aromatic heterocycles. The van der Waals surface area contributed by atoms with Crippen LogP contribution in [-0.2, 0) is 13.2 Å². The summed E-state index contributed by atoms with van der Waals surface area (Å²) in [5, 5.41) is 9.94. The van der Waals surface area contributed by atoms with Crippen molar-refractivity contribution < 1.29 is 9.47 Å². The summed E-state index contributed by atoms with van der Waals surface area (Å²) in [6.07, 6.45) is 0. The summed E-state index contributed by atoms with van der Waals surface area (Å²) in [6.45, 7) is 0.816. The first-order chi connectivity index (χ1) is 15.7. The highest BCUT2D eigenvalue weighted by Crippen LogP contribution is 2.25. The minimum atomic E-state index is 0.408. The second-order valence-corrected chi connectivity index (χ2v) is 7.76. The third-order valence-electron chi connectivity index (χ3n) is 4.66. The Morgan fingerprint density at radius 2 is 0.875 bits per heavy atom. The number of benzene rings is 4. The van der Waals surface area contributed by atoms with E-state index in [4.69, 9.17) is 32.7 Å². The molecule has 0 unspecified atom stereocenters. The van der Waals surface area contributed by atoms with E-state index in [9.17, 15) is 0 Å². The topological polar surface area (TPSA) is 43.2 Å². The van der Waals surface area contributed by atoms with Crippen LogP contribution in [0.4, 0.5) is 11.4 Å². The average Bonchev–Trinajstić information content (AvgIpc) is 2.83. The van der Waals surface area contributed by atoms with E-state index >= 15 is 0 Å². The molecule has 0 heterocycles. The van der Waals surface area contributed by atoms with Crippen molar-refractivity contribution in [3.63, 3.8) is 0 Å². The Labute approximate surface area is 197 Å². The first kappa shape index (κ1) is 21.9. The molecule has 32 heavy (non-hydrogen) atoms. The monoisotopic (exact) mass is 462 g/mol. The van der Waals surface area contributed by atoms with E-state index in [1.165, 1.54) is 0 Å². The Morgan fingerprint density at radius 1 is 0.500 bits per heavy atom. The number of hydrogen-bond acceptors (Lipinski definition) is 4. The Balaban J connectivity index is 1.30. The molecule has 0 N–H and O–H groups in total. The van der Waals surface area contributed by atoms with Gasteiger partial charge in [-0.05, 0) is 60.7 Å². The quantitative estimate of drug-likeness (QED) is 0.246. The van der Waals surface area contributed by atoms with Crippen molar-refractivity contribution in [3.8, 4) is 11.5 Å². The maximum atomic E-state index is 6.16. The van der Waals surface area contributed by atoms with Crippen LogP contribution < -0.4 is 9.47 Å². The Morgan fingerprint density at radius 3 is 1.25 bits per heavy atom. The van der Waals surface area contributed by atoms with E-state index < -0.39 is 0 Å². The zero-order valence-corrected chi connectivity index (χ0v) is 18.6. The number of halogens is 2. The molecule has 0 aliphatic carbocycles. The van der Waals surface area contributed by atoms with Crippen LogP contribution in [0.5, 0.6) is 11.5 Å². The van der Waals surface area contributed by atoms with Gasteiger partial charge in [-0.3, -0.25) is 0 Å². The number of hydrogen-bond donors (Lipinski definition) is 0. The largest absolute Gasteiger partial charge is 0.489 e. The summed E-state index contributed by atoms with van der Waals surface area (Å²) in [5.41, 5.74) is 3.35. The van der Waals surface area contributed by atoms with Crippen molar-refractivity contribution in [2.45, 2.75) is 13.2 Å². The lowest BCUT2D eigenvalue weighted by atomic mass is 10.2. The van der Waals surface area contributed by atoms with Crippen molar-refractivity contribution in [2.24, 2.45) is 10.2 Å². The van der Waals surface area contributed by atoms with Gasteiger partial charge in [0.1, 0.15) is 24.7 Å². The lowest BCUT2D eigenvalue weighted by Gasteiger charge is -2.08. The normalized spacial score (nSPS) is 10.9. The van der Waals surface area contributed by atoms with Crippen LogP contribution in [0.15, 0.2) is 107 Å². The third kappa shape index (κ3) is 6.10. The zero-order valence-electron chi connectivity index (χ0n) is 17.1. The molecule has 0 radical (unpaired) electrons. The van der Waals surface area contributed by atoms with Gasteiger partial charge < -0.3 is 9.47 Å². The number of azo groups is 1. The smallest absolute Gasteiger partial charge is 0.119 e. The SMILES string of the molecule is Clc1ccccc1COc1ccc(N=Nc2ccc(OCc3ccccc3Cl)cc2)cc1. The minimum absolute atomic E-state index is 0.408. The van der Waals surface area contributed by atoms with Crippen molar-refractivity contribution >= 4 is 34.6 Å². The van der Waals surface area contributed by atoms with Crippen LogP contribution in [0, 0.1) is 0 Å². The molecule has 4 rings (SSSR count). The standard InChI is InChI=1S/C26H20Cl2N2O2/c27-25-7-3-1-5-19(25)17-31-23-13-9-21(10-14-23)29-30-22-11-15-24(16-12-22)32-18-20-6-2-4-8-26(20)28/h1-16H,17-18H2. The van der Waals surface area contributed by atoms with E-state index in [0.29, 0.717) is 23.3 Å². The zero-order chi connectivity index (χ0) is 22.2. The molecule has 0 spiro atoms. The highest BCUT2D eigenvalue weighted by atomic mass is 35.5. The molecule has 4 nitrogen and oxygen atoms in total. The highest BCUT2D eigenvalue weighted by molar-refractivity contribution is 6.31. The molecule has 160 valence electrons. The molecule has 4 aromatic rings. The molecule has 0 bridgehead atoms. The predicted octanol–water partition coefficient (Wildman–Crippen LogP) is 8.57. The average molecular weight is 463 g/mol. The molecule has 4 aromatic carbocycles. The fraction of sp³-hybridized carbons (Fsp3) is 0.0769. The van der Waals surface area contributed by atoms with E-state index in [1.54, 1.807) is 0 Å². The molecule has 0 saturated heterocycles. The lowest BCUT2D eigenvalue weighted by Crippen LogP contribution is -1.95. The number of ether oxygens (including phenoxy) is 2. The summed E-state index contributed by atoms with van der Waals surface area (Å²) < 4.78 is 11.6. The molecule has 0 saturated carbocycles. The van der Waals surface area contributed by atoms with Gasteiger partial charge in [0, 0.05) is 21.2 Å². The highest BCUT2D eigenvalue weighted by Gasteiger charge is 2.02. The van der Waals surface area contributed by atoms with Gasteiger partial charge in [-0.25, -0.2) is 0 Å². The van der Waals surface area contributed by atoms with Gasteiger partial charge in [-0.15, -0.1) is 0 Å². The van der Waals surface area contributed by atoms with E-state index in [-0.39, 0.29) is 0 Å². The van der Waals surface area contributed by atoms with Crippen LogP contribution in [0.1, 0.15) is 11.1 Å². The summed E-state index contributed by atoms with van der Waals surface area (Å²) in [7, 11) is 0. The summed E-state index contributed by atoms with van der Waals surface area (Å²) >= 11 is 12.3. The molecule has 0 atom stereocenters. The first-order valence-corrected chi connectivity index (χ1v) is 10.8. The number of nitrogens with zero attached hydrogens (tertiary/aromatic N) is 2. The van der Waals surface area contributed by atoms with E-state index in [2.05, 4.69) is 10.2 Å². The van der Waals surface area contributed by atoms with Gasteiger partial charge in [0.25, 0.3) is 0 Å². The van der Waals surface area contributed by atoms with Gasteiger partial charge >= 0.3 is 0 Å². The van der Waals surface area contributed by atoms with E-state index in [1.807, 2.05) is 97.1 Å². The second kappa shape index (κ2) is 10.8. The van der Waals surface area contributed by atoms with Crippen molar-refractivity contribution in [3.05, 3.63) is 118 Å². The molecule has 0 aliphatic rings. The summed E-state index contributed by atoms with van der Waals surface area (Å²) in [6, 6.07) is 30.1. The summed E-state index contributed by atoms with van der Waals surface area (Å²) in [4.78, 5) is 0. The molecular formula is C26H20Cl2N2O2. The lowest BCUT2D eigenvalue weighted by molar-refractivity contribution is 0.306. The van der Waals surface area contributed by atoms with Crippen LogP contribution in [0.3, 0.4) is 0 Å². The van der Waals surface area contributed by atoms with Gasteiger partial charge in [0.05, 0.1) is 11.4 Å². The van der Waals surface area contributed by atoms with Crippen molar-refractivity contribution in [1.82, 2.24) is 0 Å². The Bertz CT molecular complexity index is 1100. The molecule has 6 heteroatoms. The fourth-order valence-electron chi connectivity index (χ4n) is 2.89. The third-order valence-corrected chi connectivity index (χ3v) is 5.40. The van der Waals surface area contributed by atoms with Gasteiger partial charge in [-0.1, -0.05) is 59.6 Å². The molecule has 0 amide bonds. The van der Waals surface area contributed by atoms with E-state index in [0.717, 1.165) is 34.0 Å². The van der Waals surface area contributed by atoms with Crippen LogP contribution in [-0.4, -0.2) is 0 Å². The molecule has 0 fully saturated rings. The predicted molar refractivity (Wildman–Crippen MR) is 129 cm³/mol. The minimum Gasteiger partial charge on any atom is -0.489 e. The maximum Gasteiger partial charge on any atom is 0.119 e. The first-order valence-electron chi connectivity index (χ1n) is 10.0. The summed E-state index contributed by atoms with van der Waals surface area (Å²) in [5.74, 6) is 1.48. The Hall–Kier alpha value is -3.34. The van der Waals surface area contributed by atoms with Crippen LogP contribution >= 0.6 is 23.2 Å². The van der Waals surface area contributed by atoms with Crippen molar-refractivity contribution in [2.75, 3.05) is 0 Å². The van der Waals surface area contributed by atoms with Gasteiger partial charge in [0.2, 0.25) is 0 Å². The fourth-order valence-corrected chi connectivity index (χ4v) is 3.27. The van der Waals surface area contributed by atoms with Crippen LogP contribution in [0.2, 0.25) is 10.0 Å². The molecular weight excluding hydrogens is 443 g/mol. The van der Waals surface area contributed by atoms with Crippen LogP contribution in [0.25, 0.3) is 0 Å². The number of rotatable bonds is 8. The maximum absolute atomic E-state index is 6.16. The second-order valence-electron chi connectivity index (χ2n) is 6.95. The van der Waals surface area contributed by atoms with Gasteiger partial charge in [0.15, 0.2) is 0 Å². The Kier molecular flexibility index (Phi) is 7.38.